The number of carbonyl (C=O) groups excluding carboxylic acids is 1. The predicted molar refractivity (Wildman–Crippen MR) is 73.0 cm³/mol. The molecule has 0 spiro atoms. The Morgan fingerprint density at radius 3 is 2.65 bits per heavy atom. The summed E-state index contributed by atoms with van der Waals surface area (Å²) in [5.41, 5.74) is 0.512. The van der Waals surface area contributed by atoms with E-state index in [4.69, 9.17) is 0 Å². The minimum atomic E-state index is 0.0142. The highest BCUT2D eigenvalue weighted by molar-refractivity contribution is 9.10. The third-order valence-electron chi connectivity index (χ3n) is 2.84. The minimum absolute atomic E-state index is 0.0142. The molecule has 4 heteroatoms. The zero-order valence-corrected chi connectivity index (χ0v) is 12.2. The van der Waals surface area contributed by atoms with E-state index in [2.05, 4.69) is 34.8 Å². The van der Waals surface area contributed by atoms with Gasteiger partial charge in [-0.25, -0.2) is 4.98 Å². The second-order valence-electron chi connectivity index (χ2n) is 4.22. The lowest BCUT2D eigenvalue weighted by molar-refractivity contribution is 0.0735. The van der Waals surface area contributed by atoms with Crippen LogP contribution >= 0.6 is 15.9 Å². The molecule has 0 aliphatic carbocycles. The van der Waals surface area contributed by atoms with Gasteiger partial charge in [-0.05, 0) is 40.9 Å². The Hall–Kier alpha value is -0.900. The third-order valence-corrected chi connectivity index (χ3v) is 3.31. The van der Waals surface area contributed by atoms with Gasteiger partial charge in [-0.1, -0.05) is 20.3 Å². The van der Waals surface area contributed by atoms with Crippen molar-refractivity contribution >= 4 is 21.8 Å². The zero-order valence-electron chi connectivity index (χ0n) is 10.6. The average molecular weight is 299 g/mol. The summed E-state index contributed by atoms with van der Waals surface area (Å²) in [5.74, 6) is 0.537. The van der Waals surface area contributed by atoms with Crippen LogP contribution in [0.3, 0.4) is 0 Å². The summed E-state index contributed by atoms with van der Waals surface area (Å²) in [6.45, 7) is 7.81. The molecule has 0 radical (unpaired) electrons. The van der Waals surface area contributed by atoms with E-state index in [1.165, 1.54) is 0 Å². The number of hydrogen-bond acceptors (Lipinski definition) is 2. The first-order chi connectivity index (χ1) is 8.08. The normalized spacial score (nSPS) is 12.2. The highest BCUT2D eigenvalue weighted by Gasteiger charge is 2.16. The van der Waals surface area contributed by atoms with Crippen LogP contribution in [0.1, 0.15) is 37.7 Å². The van der Waals surface area contributed by atoms with Crippen LogP contribution in [0, 0.1) is 5.92 Å². The van der Waals surface area contributed by atoms with Gasteiger partial charge in [0.1, 0.15) is 5.69 Å². The van der Waals surface area contributed by atoms with Crippen molar-refractivity contribution in [3.05, 3.63) is 28.5 Å². The minimum Gasteiger partial charge on any atom is -0.337 e. The Kier molecular flexibility index (Phi) is 5.62. The van der Waals surface area contributed by atoms with Gasteiger partial charge in [-0.3, -0.25) is 4.79 Å². The molecule has 0 aliphatic rings. The van der Waals surface area contributed by atoms with E-state index in [0.29, 0.717) is 11.6 Å². The molecule has 1 atom stereocenters. The summed E-state index contributed by atoms with van der Waals surface area (Å²) in [7, 11) is 0. The lowest BCUT2D eigenvalue weighted by Crippen LogP contribution is -2.35. The molecule has 3 nitrogen and oxygen atoms in total. The lowest BCUT2D eigenvalue weighted by Gasteiger charge is -2.23. The molecule has 1 aromatic rings. The van der Waals surface area contributed by atoms with Crippen LogP contribution in [0.25, 0.3) is 0 Å². The van der Waals surface area contributed by atoms with Crippen LogP contribution in [0.15, 0.2) is 22.8 Å². The second kappa shape index (κ2) is 6.74. The summed E-state index contributed by atoms with van der Waals surface area (Å²) in [5, 5.41) is 0. The van der Waals surface area contributed by atoms with Crippen molar-refractivity contribution in [1.29, 1.82) is 0 Å². The van der Waals surface area contributed by atoms with Crippen molar-refractivity contribution in [1.82, 2.24) is 9.88 Å². The molecule has 1 amide bonds. The van der Waals surface area contributed by atoms with Crippen molar-refractivity contribution in [3.8, 4) is 0 Å². The summed E-state index contributed by atoms with van der Waals surface area (Å²) >= 11 is 3.31. The van der Waals surface area contributed by atoms with Crippen molar-refractivity contribution in [3.63, 3.8) is 0 Å². The molecule has 0 bridgehead atoms. The first-order valence-electron chi connectivity index (χ1n) is 5.99. The van der Waals surface area contributed by atoms with Gasteiger partial charge in [-0.15, -0.1) is 0 Å². The maximum absolute atomic E-state index is 12.2. The molecule has 1 heterocycles. The smallest absolute Gasteiger partial charge is 0.272 e. The van der Waals surface area contributed by atoms with Crippen molar-refractivity contribution < 1.29 is 4.79 Å². The molecule has 0 N–H and O–H groups in total. The Labute approximate surface area is 111 Å². The summed E-state index contributed by atoms with van der Waals surface area (Å²) in [4.78, 5) is 18.2. The molecule has 0 aromatic carbocycles. The number of halogens is 1. The molecule has 94 valence electrons. The van der Waals surface area contributed by atoms with Crippen LogP contribution in [-0.4, -0.2) is 28.9 Å². The van der Waals surface area contributed by atoms with E-state index in [9.17, 15) is 4.79 Å². The topological polar surface area (TPSA) is 33.2 Å². The fraction of sp³-hybridized carbons (Fsp3) is 0.538. The van der Waals surface area contributed by atoms with Gasteiger partial charge in [0, 0.05) is 23.8 Å². The molecule has 1 unspecified atom stereocenters. The molecule has 0 saturated heterocycles. The van der Waals surface area contributed by atoms with Gasteiger partial charge >= 0.3 is 0 Å². The van der Waals surface area contributed by atoms with Gasteiger partial charge in [0.2, 0.25) is 0 Å². The van der Waals surface area contributed by atoms with Gasteiger partial charge in [0.25, 0.3) is 5.91 Å². The van der Waals surface area contributed by atoms with E-state index in [-0.39, 0.29) is 5.91 Å². The first-order valence-corrected chi connectivity index (χ1v) is 6.78. The number of hydrogen-bond donors (Lipinski definition) is 0. The third kappa shape index (κ3) is 4.11. The van der Waals surface area contributed by atoms with Crippen molar-refractivity contribution in [2.75, 3.05) is 13.1 Å². The largest absolute Gasteiger partial charge is 0.337 e. The number of aromatic nitrogens is 1. The number of carbonyl (C=O) groups is 1. The van der Waals surface area contributed by atoms with E-state index in [0.717, 1.165) is 24.0 Å². The lowest BCUT2D eigenvalue weighted by atomic mass is 10.1. The standard InChI is InChI=1S/C13H19BrN2O/c1-4-10(3)9-16(5-2)13(17)12-7-6-11(14)8-15-12/h6-8,10H,4-5,9H2,1-3H3. The Balaban J connectivity index is 2.75. The van der Waals surface area contributed by atoms with E-state index >= 15 is 0 Å². The van der Waals surface area contributed by atoms with Crippen LogP contribution in [0.4, 0.5) is 0 Å². The van der Waals surface area contributed by atoms with Crippen LogP contribution in [0.2, 0.25) is 0 Å². The predicted octanol–water partition coefficient (Wildman–Crippen LogP) is 3.35. The maximum atomic E-state index is 12.2. The number of amides is 1. The number of pyridine rings is 1. The molecular formula is C13H19BrN2O. The van der Waals surface area contributed by atoms with E-state index < -0.39 is 0 Å². The summed E-state index contributed by atoms with van der Waals surface area (Å²) < 4.78 is 0.888. The fourth-order valence-electron chi connectivity index (χ4n) is 1.53. The Bertz CT molecular complexity index is 364. The monoisotopic (exact) mass is 298 g/mol. The van der Waals surface area contributed by atoms with Gasteiger partial charge in [-0.2, -0.15) is 0 Å². The van der Waals surface area contributed by atoms with E-state index in [1.54, 1.807) is 12.3 Å². The molecule has 0 aliphatic heterocycles. The highest BCUT2D eigenvalue weighted by Crippen LogP contribution is 2.11. The number of rotatable bonds is 5. The summed E-state index contributed by atoms with van der Waals surface area (Å²) in [6, 6.07) is 3.60. The first kappa shape index (κ1) is 14.2. The average Bonchev–Trinajstić information content (AvgIpc) is 2.35. The molecule has 17 heavy (non-hydrogen) atoms. The van der Waals surface area contributed by atoms with Crippen LogP contribution < -0.4 is 0 Å². The highest BCUT2D eigenvalue weighted by atomic mass is 79.9. The fourth-order valence-corrected chi connectivity index (χ4v) is 1.76. The van der Waals surface area contributed by atoms with Crippen molar-refractivity contribution in [2.45, 2.75) is 27.2 Å². The molecule has 1 rings (SSSR count). The van der Waals surface area contributed by atoms with Crippen molar-refractivity contribution in [2.24, 2.45) is 5.92 Å². The Morgan fingerprint density at radius 2 is 2.18 bits per heavy atom. The SMILES string of the molecule is CCC(C)CN(CC)C(=O)c1ccc(Br)cn1. The van der Waals surface area contributed by atoms with E-state index in [1.807, 2.05) is 17.9 Å². The molecular weight excluding hydrogens is 280 g/mol. The summed E-state index contributed by atoms with van der Waals surface area (Å²) in [6.07, 6.45) is 2.74. The van der Waals surface area contributed by atoms with Gasteiger partial charge < -0.3 is 4.90 Å². The van der Waals surface area contributed by atoms with Gasteiger partial charge in [0.05, 0.1) is 0 Å². The quantitative estimate of drug-likeness (QED) is 0.835. The van der Waals surface area contributed by atoms with Crippen LogP contribution in [0.5, 0.6) is 0 Å². The molecule has 0 fully saturated rings. The molecule has 0 saturated carbocycles. The number of nitrogens with zero attached hydrogens (tertiary/aromatic N) is 2. The maximum Gasteiger partial charge on any atom is 0.272 e. The zero-order chi connectivity index (χ0) is 12.8. The second-order valence-corrected chi connectivity index (χ2v) is 5.13. The Morgan fingerprint density at radius 1 is 1.47 bits per heavy atom. The van der Waals surface area contributed by atoms with Crippen LogP contribution in [-0.2, 0) is 0 Å². The van der Waals surface area contributed by atoms with Gasteiger partial charge in [0.15, 0.2) is 0 Å². The molecule has 1 aromatic heterocycles.